The van der Waals surface area contributed by atoms with E-state index in [4.69, 9.17) is 0 Å². The van der Waals surface area contributed by atoms with Crippen LogP contribution < -0.4 is 0 Å². The van der Waals surface area contributed by atoms with E-state index in [0.717, 1.165) is 3.79 Å². The molecule has 1 aromatic heterocycles. The summed E-state index contributed by atoms with van der Waals surface area (Å²) in [4.78, 5) is 12.5. The maximum absolute atomic E-state index is 12.9. The molecule has 0 unspecified atom stereocenters. The average Bonchev–Trinajstić information content (AvgIpc) is 2.65. The van der Waals surface area contributed by atoms with Gasteiger partial charge in [0.1, 0.15) is 5.82 Å². The molecule has 16 heavy (non-hydrogen) atoms. The van der Waals surface area contributed by atoms with E-state index in [1.165, 1.54) is 23.5 Å². The lowest BCUT2D eigenvalue weighted by atomic mass is 10.1. The summed E-state index contributed by atoms with van der Waals surface area (Å²) >= 11 is 4.70. The van der Waals surface area contributed by atoms with E-state index in [-0.39, 0.29) is 18.0 Å². The van der Waals surface area contributed by atoms with Crippen molar-refractivity contribution in [1.82, 2.24) is 0 Å². The maximum Gasteiger partial charge on any atom is 0.177 e. The summed E-state index contributed by atoms with van der Waals surface area (Å²) in [6.07, 6.45) is 0.241. The van der Waals surface area contributed by atoms with Crippen molar-refractivity contribution < 1.29 is 9.18 Å². The van der Waals surface area contributed by atoms with Crippen LogP contribution in [0.3, 0.4) is 0 Å². The molecule has 0 N–H and O–H groups in total. The zero-order valence-corrected chi connectivity index (χ0v) is 10.6. The highest BCUT2D eigenvalue weighted by Gasteiger charge is 2.09. The van der Waals surface area contributed by atoms with Crippen LogP contribution in [0.15, 0.2) is 40.2 Å². The van der Waals surface area contributed by atoms with Crippen LogP contribution in [0.1, 0.15) is 15.2 Å². The number of ketones is 1. The minimum atomic E-state index is -0.308. The Morgan fingerprint density at radius 1 is 1.31 bits per heavy atom. The van der Waals surface area contributed by atoms with E-state index in [9.17, 15) is 9.18 Å². The van der Waals surface area contributed by atoms with E-state index < -0.39 is 0 Å². The number of hydrogen-bond acceptors (Lipinski definition) is 2. The highest BCUT2D eigenvalue weighted by molar-refractivity contribution is 9.11. The molecule has 2 aromatic rings. The summed E-state index contributed by atoms with van der Waals surface area (Å²) in [5.41, 5.74) is 0.703. The second-order valence-corrected chi connectivity index (χ2v) is 5.80. The van der Waals surface area contributed by atoms with E-state index in [1.807, 2.05) is 6.07 Å². The molecule has 0 saturated heterocycles. The number of thiophene rings is 1. The first-order valence-electron chi connectivity index (χ1n) is 4.68. The van der Waals surface area contributed by atoms with Crippen LogP contribution in [0.5, 0.6) is 0 Å². The Balaban J connectivity index is 2.13. The first kappa shape index (κ1) is 11.5. The van der Waals surface area contributed by atoms with Crippen molar-refractivity contribution in [3.05, 3.63) is 56.4 Å². The number of halogens is 2. The summed E-state index contributed by atoms with van der Waals surface area (Å²) in [6.45, 7) is 0. The lowest BCUT2D eigenvalue weighted by Crippen LogP contribution is -2.01. The van der Waals surface area contributed by atoms with E-state index in [1.54, 1.807) is 18.2 Å². The van der Waals surface area contributed by atoms with Crippen molar-refractivity contribution in [3.63, 3.8) is 0 Å². The van der Waals surface area contributed by atoms with Crippen LogP contribution in [-0.4, -0.2) is 5.78 Å². The topological polar surface area (TPSA) is 17.1 Å². The first-order chi connectivity index (χ1) is 7.65. The van der Waals surface area contributed by atoms with Gasteiger partial charge in [-0.2, -0.15) is 0 Å². The summed E-state index contributed by atoms with van der Waals surface area (Å²) in [7, 11) is 0. The SMILES string of the molecule is O=C(Cc1cccc(F)c1)c1ccc(Br)s1. The minimum absolute atomic E-state index is 0.0151. The molecule has 82 valence electrons. The summed E-state index contributed by atoms with van der Waals surface area (Å²) in [5.74, 6) is -0.293. The van der Waals surface area contributed by atoms with Crippen molar-refractivity contribution in [1.29, 1.82) is 0 Å². The molecule has 1 heterocycles. The van der Waals surface area contributed by atoms with Gasteiger partial charge in [-0.1, -0.05) is 12.1 Å². The van der Waals surface area contributed by atoms with Crippen molar-refractivity contribution >= 4 is 33.0 Å². The number of benzene rings is 1. The Hall–Kier alpha value is -1.000. The molecule has 1 nitrogen and oxygen atoms in total. The van der Waals surface area contributed by atoms with Gasteiger partial charge >= 0.3 is 0 Å². The van der Waals surface area contributed by atoms with Gasteiger partial charge < -0.3 is 0 Å². The minimum Gasteiger partial charge on any atom is -0.293 e. The number of carbonyl (C=O) groups excluding carboxylic acids is 1. The van der Waals surface area contributed by atoms with Gasteiger partial charge in [-0.3, -0.25) is 4.79 Å². The number of Topliss-reactive ketones (excluding diaryl/α,β-unsaturated/α-hetero) is 1. The lowest BCUT2D eigenvalue weighted by Gasteiger charge is -1.99. The van der Waals surface area contributed by atoms with Crippen LogP contribution in [0, 0.1) is 5.82 Å². The van der Waals surface area contributed by atoms with Gasteiger partial charge in [0, 0.05) is 6.42 Å². The predicted octanol–water partition coefficient (Wildman–Crippen LogP) is 4.08. The van der Waals surface area contributed by atoms with E-state index in [0.29, 0.717) is 10.4 Å². The molecule has 0 bridgehead atoms. The second-order valence-electron chi connectivity index (χ2n) is 3.33. The van der Waals surface area contributed by atoms with Crippen molar-refractivity contribution in [2.45, 2.75) is 6.42 Å². The monoisotopic (exact) mass is 298 g/mol. The molecule has 2 rings (SSSR count). The van der Waals surface area contributed by atoms with Crippen LogP contribution in [-0.2, 0) is 6.42 Å². The van der Waals surface area contributed by atoms with Gasteiger partial charge in [0.15, 0.2) is 5.78 Å². The standard InChI is InChI=1S/C12H8BrFOS/c13-12-5-4-11(16-12)10(15)7-8-2-1-3-9(14)6-8/h1-6H,7H2. The van der Waals surface area contributed by atoms with Gasteiger partial charge in [0.2, 0.25) is 0 Å². The fourth-order valence-corrected chi connectivity index (χ4v) is 2.71. The van der Waals surface area contributed by atoms with Gasteiger partial charge in [0.25, 0.3) is 0 Å². The quantitative estimate of drug-likeness (QED) is 0.781. The second kappa shape index (κ2) is 4.89. The number of rotatable bonds is 3. The first-order valence-corrected chi connectivity index (χ1v) is 6.29. The third-order valence-corrected chi connectivity index (χ3v) is 3.77. The zero-order valence-electron chi connectivity index (χ0n) is 8.24. The van der Waals surface area contributed by atoms with E-state index in [2.05, 4.69) is 15.9 Å². The van der Waals surface area contributed by atoms with Crippen molar-refractivity contribution in [3.8, 4) is 0 Å². The van der Waals surface area contributed by atoms with Crippen molar-refractivity contribution in [2.24, 2.45) is 0 Å². The van der Waals surface area contributed by atoms with Gasteiger partial charge in [-0.05, 0) is 45.8 Å². The molecular formula is C12H8BrFOS. The Bertz CT molecular complexity index is 521. The molecule has 0 radical (unpaired) electrons. The Morgan fingerprint density at radius 3 is 2.75 bits per heavy atom. The van der Waals surface area contributed by atoms with Crippen LogP contribution >= 0.6 is 27.3 Å². The number of hydrogen-bond donors (Lipinski definition) is 0. The maximum atomic E-state index is 12.9. The molecule has 0 fully saturated rings. The largest absolute Gasteiger partial charge is 0.293 e. The summed E-state index contributed by atoms with van der Waals surface area (Å²) in [5, 5.41) is 0. The smallest absolute Gasteiger partial charge is 0.177 e. The van der Waals surface area contributed by atoms with Gasteiger partial charge in [-0.15, -0.1) is 11.3 Å². The van der Waals surface area contributed by atoms with Gasteiger partial charge in [-0.25, -0.2) is 4.39 Å². The van der Waals surface area contributed by atoms with Crippen molar-refractivity contribution in [2.75, 3.05) is 0 Å². The molecule has 0 aliphatic heterocycles. The van der Waals surface area contributed by atoms with Crippen LogP contribution in [0.4, 0.5) is 4.39 Å². The Labute approximate surface area is 105 Å². The molecule has 0 spiro atoms. The fourth-order valence-electron chi connectivity index (χ4n) is 1.38. The summed E-state index contributed by atoms with van der Waals surface area (Å²) in [6, 6.07) is 9.74. The van der Waals surface area contributed by atoms with E-state index >= 15 is 0 Å². The van der Waals surface area contributed by atoms with Gasteiger partial charge in [0.05, 0.1) is 8.66 Å². The average molecular weight is 299 g/mol. The normalized spacial score (nSPS) is 10.4. The Morgan fingerprint density at radius 2 is 2.12 bits per heavy atom. The van der Waals surface area contributed by atoms with Crippen LogP contribution in [0.25, 0.3) is 0 Å². The molecule has 0 amide bonds. The number of carbonyl (C=O) groups is 1. The predicted molar refractivity (Wildman–Crippen MR) is 66.5 cm³/mol. The highest BCUT2D eigenvalue weighted by atomic mass is 79.9. The molecule has 0 atom stereocenters. The molecule has 0 aliphatic rings. The Kier molecular flexibility index (Phi) is 3.51. The molecular weight excluding hydrogens is 291 g/mol. The molecule has 0 saturated carbocycles. The van der Waals surface area contributed by atoms with Crippen LogP contribution in [0.2, 0.25) is 0 Å². The zero-order chi connectivity index (χ0) is 11.5. The third-order valence-electron chi connectivity index (χ3n) is 2.10. The highest BCUT2D eigenvalue weighted by Crippen LogP contribution is 2.23. The molecule has 0 aliphatic carbocycles. The third kappa shape index (κ3) is 2.77. The molecule has 4 heteroatoms. The lowest BCUT2D eigenvalue weighted by molar-refractivity contribution is 0.0997. The molecule has 1 aromatic carbocycles. The fraction of sp³-hybridized carbons (Fsp3) is 0.0833. The summed E-state index contributed by atoms with van der Waals surface area (Å²) < 4.78 is 13.8.